The zero-order valence-electron chi connectivity index (χ0n) is 11.4. The maximum atomic E-state index is 12.8. The number of anilines is 1. The second-order valence-corrected chi connectivity index (χ2v) is 8.11. The van der Waals surface area contributed by atoms with Crippen LogP contribution in [0.5, 0.6) is 0 Å². The first-order chi connectivity index (χ1) is 11.5. The van der Waals surface area contributed by atoms with Crippen LogP contribution < -0.4 is 5.32 Å². The van der Waals surface area contributed by atoms with Gasteiger partial charge in [-0.2, -0.15) is 13.2 Å². The van der Waals surface area contributed by atoms with Gasteiger partial charge >= 0.3 is 5.51 Å². The lowest BCUT2D eigenvalue weighted by molar-refractivity contribution is -0.0384. The summed E-state index contributed by atoms with van der Waals surface area (Å²) in [5.74, 6) is 0. The third-order valence-corrected chi connectivity index (χ3v) is 5.81. The molecular weight excluding hydrogens is 497 g/mol. The molecule has 0 spiro atoms. The number of nitrogens with one attached hydrogen (secondary N) is 1. The summed E-state index contributed by atoms with van der Waals surface area (Å²) in [6.07, 6.45) is -2.90. The van der Waals surface area contributed by atoms with E-state index in [9.17, 15) is 26.2 Å². The highest BCUT2D eigenvalue weighted by atomic mass is 79.9. The topological polar surface area (TPSA) is 54.9 Å². The van der Waals surface area contributed by atoms with Gasteiger partial charge in [-0.3, -0.25) is 0 Å². The second kappa shape index (κ2) is 7.86. The van der Waals surface area contributed by atoms with Gasteiger partial charge in [-0.05, 0) is 39.6 Å². The van der Waals surface area contributed by atoms with Gasteiger partial charge in [0.05, 0.1) is 15.6 Å². The van der Waals surface area contributed by atoms with Crippen LogP contribution in [0.2, 0.25) is 5.02 Å². The molecule has 0 amide bonds. The number of benzene rings is 1. The zero-order valence-corrected chi connectivity index (χ0v) is 16.2. The summed E-state index contributed by atoms with van der Waals surface area (Å²) >= 11 is 14.5. The Kier molecular flexibility index (Phi) is 6.46. The SMILES string of the molecule is O=S(c1cc(Cl)c(NC(=S)c2snnc2C(F)F)c(Br)c1)C(F)(F)F. The Balaban J connectivity index is 2.33. The largest absolute Gasteiger partial charge is 0.475 e. The van der Waals surface area contributed by atoms with Crippen molar-refractivity contribution in [3.63, 3.8) is 0 Å². The number of halogens is 7. The molecule has 1 heterocycles. The lowest BCUT2D eigenvalue weighted by Gasteiger charge is -2.13. The molecule has 0 fully saturated rings. The number of aromatic nitrogens is 2. The van der Waals surface area contributed by atoms with Gasteiger partial charge in [0.15, 0.2) is 16.5 Å². The maximum Gasteiger partial charge on any atom is 0.475 e. The number of alkyl halides is 5. The van der Waals surface area contributed by atoms with Gasteiger partial charge in [0, 0.05) is 4.47 Å². The van der Waals surface area contributed by atoms with E-state index in [2.05, 4.69) is 30.8 Å². The molecule has 0 aliphatic rings. The van der Waals surface area contributed by atoms with Gasteiger partial charge < -0.3 is 5.32 Å². The van der Waals surface area contributed by atoms with Crippen molar-refractivity contribution in [2.75, 3.05) is 5.32 Å². The minimum Gasteiger partial charge on any atom is -0.343 e. The molecule has 0 aliphatic heterocycles. The van der Waals surface area contributed by atoms with Gasteiger partial charge in [0.25, 0.3) is 6.43 Å². The second-order valence-electron chi connectivity index (χ2n) is 4.22. The molecule has 0 radical (unpaired) electrons. The van der Waals surface area contributed by atoms with E-state index in [1.165, 1.54) is 0 Å². The minimum absolute atomic E-state index is 0.0195. The van der Waals surface area contributed by atoms with Crippen LogP contribution in [-0.2, 0) is 10.8 Å². The van der Waals surface area contributed by atoms with Crippen molar-refractivity contribution in [1.82, 2.24) is 9.59 Å². The van der Waals surface area contributed by atoms with E-state index >= 15 is 0 Å². The highest BCUT2D eigenvalue weighted by Gasteiger charge is 2.38. The molecule has 0 saturated heterocycles. The van der Waals surface area contributed by atoms with E-state index in [-0.39, 0.29) is 25.0 Å². The summed E-state index contributed by atoms with van der Waals surface area (Å²) in [6.45, 7) is 0. The molecule has 1 unspecified atom stereocenters. The molecule has 2 aromatic rings. The van der Waals surface area contributed by atoms with Gasteiger partial charge in [0.1, 0.15) is 9.87 Å². The number of thiocarbonyl (C=S) groups is 1. The lowest BCUT2D eigenvalue weighted by atomic mass is 10.3. The van der Waals surface area contributed by atoms with Crippen molar-refractivity contribution in [2.24, 2.45) is 0 Å². The Bertz CT molecular complexity index is 822. The molecule has 0 saturated carbocycles. The summed E-state index contributed by atoms with van der Waals surface area (Å²) in [5.41, 5.74) is -5.54. The van der Waals surface area contributed by atoms with E-state index in [1.807, 2.05) is 0 Å². The van der Waals surface area contributed by atoms with E-state index in [0.717, 1.165) is 12.1 Å². The molecule has 4 nitrogen and oxygen atoms in total. The third-order valence-electron chi connectivity index (χ3n) is 2.60. The van der Waals surface area contributed by atoms with Crippen LogP contribution in [-0.4, -0.2) is 24.3 Å². The van der Waals surface area contributed by atoms with Crippen LogP contribution in [0, 0.1) is 0 Å². The van der Waals surface area contributed by atoms with Crippen molar-refractivity contribution in [1.29, 1.82) is 0 Å². The molecule has 136 valence electrons. The number of hydrogen-bond donors (Lipinski definition) is 1. The fraction of sp³-hybridized carbons (Fsp3) is 0.182. The van der Waals surface area contributed by atoms with Crippen LogP contribution in [0.1, 0.15) is 17.0 Å². The normalized spacial score (nSPS) is 13.1. The molecule has 1 aromatic heterocycles. The quantitative estimate of drug-likeness (QED) is 0.456. The maximum absolute atomic E-state index is 12.8. The Labute approximate surface area is 162 Å². The average Bonchev–Trinajstić information content (AvgIpc) is 2.98. The van der Waals surface area contributed by atoms with Gasteiger partial charge in [0.2, 0.25) is 0 Å². The highest BCUT2D eigenvalue weighted by Crippen LogP contribution is 2.37. The Morgan fingerprint density at radius 3 is 2.56 bits per heavy atom. The molecule has 0 aliphatic carbocycles. The van der Waals surface area contributed by atoms with E-state index < -0.39 is 33.3 Å². The first-order valence-corrected chi connectivity index (χ1v) is 9.42. The third kappa shape index (κ3) is 4.70. The first-order valence-electron chi connectivity index (χ1n) is 5.91. The Morgan fingerprint density at radius 1 is 1.40 bits per heavy atom. The van der Waals surface area contributed by atoms with Crippen LogP contribution in [0.15, 0.2) is 21.5 Å². The standard InChI is InChI=1S/C11H4BrClF5N3OS3/c12-4-1-3(25(22)11(16,17)18)2-5(13)6(4)19-10(23)8-7(9(14)15)20-21-24-8/h1-2,9H,(H,19,23). The number of rotatable bonds is 4. The Hall–Kier alpha value is -0.760. The summed E-state index contributed by atoms with van der Waals surface area (Å²) in [7, 11) is -3.27. The summed E-state index contributed by atoms with van der Waals surface area (Å²) in [5, 5.41) is 5.58. The smallest absolute Gasteiger partial charge is 0.343 e. The average molecular weight is 501 g/mol. The van der Waals surface area contributed by atoms with Gasteiger partial charge in [-0.15, -0.1) is 5.10 Å². The van der Waals surface area contributed by atoms with Gasteiger partial charge in [-0.25, -0.2) is 13.0 Å². The molecule has 1 N–H and O–H groups in total. The highest BCUT2D eigenvalue weighted by molar-refractivity contribution is 9.10. The number of hydrogen-bond acceptors (Lipinski definition) is 5. The van der Waals surface area contributed by atoms with Crippen LogP contribution in [0.25, 0.3) is 0 Å². The molecule has 14 heteroatoms. The number of nitrogens with zero attached hydrogens (tertiary/aromatic N) is 2. The minimum atomic E-state index is -4.95. The molecule has 1 atom stereocenters. The monoisotopic (exact) mass is 499 g/mol. The lowest BCUT2D eigenvalue weighted by Crippen LogP contribution is -2.17. The van der Waals surface area contributed by atoms with Crippen LogP contribution in [0.4, 0.5) is 27.6 Å². The van der Waals surface area contributed by atoms with E-state index in [1.54, 1.807) is 0 Å². The van der Waals surface area contributed by atoms with Gasteiger partial charge in [-0.1, -0.05) is 28.3 Å². The van der Waals surface area contributed by atoms with Crippen molar-refractivity contribution < 1.29 is 26.2 Å². The van der Waals surface area contributed by atoms with Crippen molar-refractivity contribution >= 4 is 72.8 Å². The fourth-order valence-corrected chi connectivity index (χ4v) is 4.34. The molecule has 1 aromatic carbocycles. The van der Waals surface area contributed by atoms with Crippen LogP contribution in [0.3, 0.4) is 0 Å². The Morgan fingerprint density at radius 2 is 2.04 bits per heavy atom. The van der Waals surface area contributed by atoms with E-state index in [4.69, 9.17) is 23.8 Å². The van der Waals surface area contributed by atoms with Crippen molar-refractivity contribution in [2.45, 2.75) is 16.8 Å². The van der Waals surface area contributed by atoms with Crippen LogP contribution >= 0.6 is 51.3 Å². The predicted octanol–water partition coefficient (Wildman–Crippen LogP) is 5.31. The van der Waals surface area contributed by atoms with Crippen molar-refractivity contribution in [3.8, 4) is 0 Å². The molecule has 2 rings (SSSR count). The summed E-state index contributed by atoms with van der Waals surface area (Å²) in [6, 6.07) is 1.79. The summed E-state index contributed by atoms with van der Waals surface area (Å²) in [4.78, 5) is -0.859. The molecule has 0 bridgehead atoms. The molecular formula is C11H4BrClF5N3OS3. The van der Waals surface area contributed by atoms with E-state index in [0.29, 0.717) is 11.5 Å². The van der Waals surface area contributed by atoms with Crippen molar-refractivity contribution in [3.05, 3.63) is 32.2 Å². The summed E-state index contributed by atoms with van der Waals surface area (Å²) < 4.78 is 78.0. The predicted molar refractivity (Wildman–Crippen MR) is 91.8 cm³/mol. The molecule has 25 heavy (non-hydrogen) atoms. The first kappa shape index (κ1) is 20.6. The fourth-order valence-electron chi connectivity index (χ4n) is 1.58. The zero-order chi connectivity index (χ0) is 18.9.